The van der Waals surface area contributed by atoms with Crippen LogP contribution in [0.2, 0.25) is 0 Å². The number of rotatable bonds is 4. The predicted octanol–water partition coefficient (Wildman–Crippen LogP) is 3.19. The first-order valence-corrected chi connectivity index (χ1v) is 6.31. The molecule has 0 spiro atoms. The monoisotopic (exact) mass is 238 g/mol. The summed E-state index contributed by atoms with van der Waals surface area (Å²) >= 11 is 0. The lowest BCUT2D eigenvalue weighted by molar-refractivity contribution is 0.641. The van der Waals surface area contributed by atoms with Crippen molar-refractivity contribution < 1.29 is 0 Å². The minimum absolute atomic E-state index is 0.0758. The average Bonchev–Trinajstić information content (AvgIpc) is 2.38. The third-order valence-corrected chi connectivity index (χ3v) is 3.12. The first kappa shape index (κ1) is 12.6. The van der Waals surface area contributed by atoms with E-state index in [9.17, 15) is 0 Å². The number of aryl methyl sites for hydroxylation is 1. The van der Waals surface area contributed by atoms with Crippen molar-refractivity contribution in [1.29, 1.82) is 5.26 Å². The normalized spacial score (nSPS) is 12.3. The Morgan fingerprint density at radius 2 is 1.89 bits per heavy atom. The zero-order valence-electron chi connectivity index (χ0n) is 10.9. The van der Waals surface area contributed by atoms with E-state index in [-0.39, 0.29) is 6.04 Å². The molecule has 1 unspecified atom stereocenters. The van der Waals surface area contributed by atoms with Crippen molar-refractivity contribution >= 4 is 10.8 Å². The van der Waals surface area contributed by atoms with Crippen molar-refractivity contribution in [2.45, 2.75) is 26.3 Å². The first-order chi connectivity index (χ1) is 8.69. The molecule has 2 heteroatoms. The number of nitrogens with one attached hydrogen (secondary N) is 1. The molecule has 0 aromatic heterocycles. The molecule has 0 saturated carbocycles. The zero-order valence-corrected chi connectivity index (χ0v) is 10.9. The average molecular weight is 238 g/mol. The summed E-state index contributed by atoms with van der Waals surface area (Å²) in [7, 11) is 0. The molecular formula is C16H18N2. The smallest absolute Gasteiger partial charge is 0.0924 e. The largest absolute Gasteiger partial charge is 0.302 e. The molecule has 92 valence electrons. The molecule has 1 N–H and O–H groups in total. The lowest BCUT2D eigenvalue weighted by Gasteiger charge is -2.07. The molecule has 18 heavy (non-hydrogen) atoms. The molecule has 0 aliphatic carbocycles. The molecule has 0 heterocycles. The molecule has 2 rings (SSSR count). The van der Waals surface area contributed by atoms with E-state index < -0.39 is 0 Å². The third-order valence-electron chi connectivity index (χ3n) is 3.12. The minimum atomic E-state index is -0.0758. The van der Waals surface area contributed by atoms with E-state index in [2.05, 4.69) is 54.7 Å². The maximum Gasteiger partial charge on any atom is 0.0924 e. The number of benzene rings is 2. The van der Waals surface area contributed by atoms with Gasteiger partial charge in [0.15, 0.2) is 0 Å². The van der Waals surface area contributed by atoms with Gasteiger partial charge in [0.25, 0.3) is 0 Å². The van der Waals surface area contributed by atoms with E-state index in [0.717, 1.165) is 13.0 Å². The summed E-state index contributed by atoms with van der Waals surface area (Å²) in [5.41, 5.74) is 2.60. The molecule has 2 aromatic rings. The van der Waals surface area contributed by atoms with Gasteiger partial charge in [0.2, 0.25) is 0 Å². The summed E-state index contributed by atoms with van der Waals surface area (Å²) in [6.45, 7) is 4.83. The van der Waals surface area contributed by atoms with Crippen LogP contribution < -0.4 is 5.32 Å². The lowest BCUT2D eigenvalue weighted by Crippen LogP contribution is -2.26. The molecule has 2 nitrogen and oxygen atoms in total. The predicted molar refractivity (Wildman–Crippen MR) is 75.5 cm³/mol. The molecule has 0 aliphatic heterocycles. The molecule has 0 aliphatic rings. The van der Waals surface area contributed by atoms with Crippen LogP contribution in [0.4, 0.5) is 0 Å². The summed E-state index contributed by atoms with van der Waals surface area (Å²) in [5.74, 6) is 0. The highest BCUT2D eigenvalue weighted by atomic mass is 14.9. The summed E-state index contributed by atoms with van der Waals surface area (Å²) in [4.78, 5) is 0. The number of fused-ring (bicyclic) bond motifs is 1. The highest BCUT2D eigenvalue weighted by Gasteiger charge is 2.00. The maximum atomic E-state index is 8.69. The molecule has 0 radical (unpaired) electrons. The van der Waals surface area contributed by atoms with Crippen molar-refractivity contribution in [2.75, 3.05) is 6.54 Å². The van der Waals surface area contributed by atoms with Crippen LogP contribution in [0.25, 0.3) is 10.8 Å². The Morgan fingerprint density at radius 3 is 2.67 bits per heavy atom. The number of hydrogen-bond acceptors (Lipinski definition) is 2. The van der Waals surface area contributed by atoms with Gasteiger partial charge in [-0.05, 0) is 36.6 Å². The Hall–Kier alpha value is -1.85. The summed E-state index contributed by atoms with van der Waals surface area (Å²) < 4.78 is 0. The van der Waals surface area contributed by atoms with Gasteiger partial charge in [-0.1, -0.05) is 42.0 Å². The van der Waals surface area contributed by atoms with Gasteiger partial charge >= 0.3 is 0 Å². The van der Waals surface area contributed by atoms with Gasteiger partial charge in [-0.15, -0.1) is 0 Å². The molecule has 2 aromatic carbocycles. The van der Waals surface area contributed by atoms with Crippen molar-refractivity contribution in [3.8, 4) is 6.07 Å². The van der Waals surface area contributed by atoms with Crippen LogP contribution in [0.3, 0.4) is 0 Å². The molecular weight excluding hydrogens is 220 g/mol. The fraction of sp³-hybridized carbons (Fsp3) is 0.312. The van der Waals surface area contributed by atoms with Crippen LogP contribution in [-0.2, 0) is 6.42 Å². The van der Waals surface area contributed by atoms with E-state index in [4.69, 9.17) is 5.26 Å². The van der Waals surface area contributed by atoms with E-state index >= 15 is 0 Å². The Morgan fingerprint density at radius 1 is 1.17 bits per heavy atom. The van der Waals surface area contributed by atoms with Gasteiger partial charge in [0.05, 0.1) is 12.1 Å². The Bertz CT molecular complexity index is 581. The van der Waals surface area contributed by atoms with Crippen molar-refractivity contribution in [3.63, 3.8) is 0 Å². The van der Waals surface area contributed by atoms with Crippen LogP contribution in [0.15, 0.2) is 36.4 Å². The standard InChI is InChI=1S/C16H18N2/c1-12-3-5-16-10-14(4-6-15(16)9-12)7-8-18-13(2)11-17/h3-6,9-10,13,18H,7-8H2,1-2H3. The summed E-state index contributed by atoms with van der Waals surface area (Å²) in [6.07, 6.45) is 0.954. The fourth-order valence-corrected chi connectivity index (χ4v) is 2.05. The molecule has 0 amide bonds. The van der Waals surface area contributed by atoms with E-state index in [1.165, 1.54) is 21.9 Å². The summed E-state index contributed by atoms with van der Waals surface area (Å²) in [5, 5.41) is 14.4. The SMILES string of the molecule is Cc1ccc2cc(CCNC(C)C#N)ccc2c1. The molecule has 0 bridgehead atoms. The highest BCUT2D eigenvalue weighted by molar-refractivity contribution is 5.83. The molecule has 1 atom stereocenters. The third kappa shape index (κ3) is 3.09. The zero-order chi connectivity index (χ0) is 13.0. The lowest BCUT2D eigenvalue weighted by atomic mass is 10.0. The van der Waals surface area contributed by atoms with E-state index in [1.54, 1.807) is 0 Å². The highest BCUT2D eigenvalue weighted by Crippen LogP contribution is 2.17. The van der Waals surface area contributed by atoms with Crippen molar-refractivity contribution in [3.05, 3.63) is 47.5 Å². The van der Waals surface area contributed by atoms with Crippen LogP contribution >= 0.6 is 0 Å². The van der Waals surface area contributed by atoms with Gasteiger partial charge in [-0.2, -0.15) is 5.26 Å². The van der Waals surface area contributed by atoms with Gasteiger partial charge in [0, 0.05) is 6.54 Å². The van der Waals surface area contributed by atoms with Gasteiger partial charge in [-0.3, -0.25) is 0 Å². The Labute approximate surface area is 108 Å². The maximum absolute atomic E-state index is 8.69. The minimum Gasteiger partial charge on any atom is -0.302 e. The second-order valence-electron chi connectivity index (χ2n) is 4.74. The summed E-state index contributed by atoms with van der Waals surface area (Å²) in [6, 6.07) is 15.2. The number of hydrogen-bond donors (Lipinski definition) is 1. The van der Waals surface area contributed by atoms with E-state index in [1.807, 2.05) is 6.92 Å². The topological polar surface area (TPSA) is 35.8 Å². The Kier molecular flexibility index (Phi) is 3.96. The van der Waals surface area contributed by atoms with Crippen molar-refractivity contribution in [2.24, 2.45) is 0 Å². The van der Waals surface area contributed by atoms with Gasteiger partial charge < -0.3 is 5.32 Å². The van der Waals surface area contributed by atoms with E-state index in [0.29, 0.717) is 0 Å². The van der Waals surface area contributed by atoms with Crippen LogP contribution in [-0.4, -0.2) is 12.6 Å². The number of nitriles is 1. The van der Waals surface area contributed by atoms with Crippen molar-refractivity contribution in [1.82, 2.24) is 5.32 Å². The van der Waals surface area contributed by atoms with Crippen LogP contribution in [0.5, 0.6) is 0 Å². The first-order valence-electron chi connectivity index (χ1n) is 6.31. The second-order valence-corrected chi connectivity index (χ2v) is 4.74. The van der Waals surface area contributed by atoms with Gasteiger partial charge in [-0.25, -0.2) is 0 Å². The van der Waals surface area contributed by atoms with Crippen LogP contribution in [0.1, 0.15) is 18.1 Å². The van der Waals surface area contributed by atoms with Gasteiger partial charge in [0.1, 0.15) is 0 Å². The molecule has 0 saturated heterocycles. The molecule has 0 fully saturated rings. The fourth-order valence-electron chi connectivity index (χ4n) is 2.05. The quantitative estimate of drug-likeness (QED) is 0.888. The number of nitrogens with zero attached hydrogens (tertiary/aromatic N) is 1. The Balaban J connectivity index is 2.06. The van der Waals surface area contributed by atoms with Crippen LogP contribution in [0, 0.1) is 18.3 Å². The second kappa shape index (κ2) is 5.66.